The second-order valence-corrected chi connectivity index (χ2v) is 10.1. The largest absolute Gasteiger partial charge is 0.497 e. The van der Waals surface area contributed by atoms with Gasteiger partial charge in [-0.3, -0.25) is 4.90 Å². The van der Waals surface area contributed by atoms with Crippen molar-refractivity contribution in [3.8, 4) is 5.75 Å². The van der Waals surface area contributed by atoms with Crippen LogP contribution in [0.3, 0.4) is 0 Å². The summed E-state index contributed by atoms with van der Waals surface area (Å²) in [7, 11) is 1.69. The number of carbonyl (C=O) groups excluding carboxylic acids is 1. The highest BCUT2D eigenvalue weighted by molar-refractivity contribution is 5.86. The molecule has 0 heterocycles. The molecule has 1 saturated carbocycles. The van der Waals surface area contributed by atoms with Crippen LogP contribution >= 0.6 is 0 Å². The van der Waals surface area contributed by atoms with Crippen molar-refractivity contribution in [2.75, 3.05) is 7.11 Å². The molecule has 1 amide bonds. The van der Waals surface area contributed by atoms with Crippen molar-refractivity contribution < 1.29 is 14.3 Å². The quantitative estimate of drug-likeness (QED) is 0.408. The number of amides is 1. The maximum atomic E-state index is 13.5. The molecule has 1 fully saturated rings. The fourth-order valence-corrected chi connectivity index (χ4v) is 5.09. The Balaban J connectivity index is 1.64. The highest BCUT2D eigenvalue weighted by Crippen LogP contribution is 2.41. The molecule has 3 aromatic carbocycles. The molecule has 0 aliphatic heterocycles. The van der Waals surface area contributed by atoms with Crippen molar-refractivity contribution in [2.24, 2.45) is 0 Å². The SMILES string of the molecule is COc1ccc([C@@H]2CC[C@H](N(C(=O)OC(C)(C)C)[C@H](C)c3cccc4ccccc34)C2)cc1. The Morgan fingerprint density at radius 3 is 2.36 bits per heavy atom. The highest BCUT2D eigenvalue weighted by Gasteiger charge is 2.38. The zero-order valence-electron chi connectivity index (χ0n) is 20.4. The Bertz CT molecular complexity index is 1090. The molecule has 1 aliphatic rings. The van der Waals surface area contributed by atoms with Gasteiger partial charge in [-0.25, -0.2) is 4.79 Å². The molecule has 0 bridgehead atoms. The average molecular weight is 446 g/mol. The second kappa shape index (κ2) is 9.46. The number of ether oxygens (including phenoxy) is 2. The number of benzene rings is 3. The topological polar surface area (TPSA) is 38.8 Å². The lowest BCUT2D eigenvalue weighted by molar-refractivity contribution is 0.00694. The van der Waals surface area contributed by atoms with Gasteiger partial charge < -0.3 is 9.47 Å². The molecule has 4 rings (SSSR count). The first-order chi connectivity index (χ1) is 15.8. The molecule has 0 radical (unpaired) electrons. The van der Waals surface area contributed by atoms with E-state index >= 15 is 0 Å². The van der Waals surface area contributed by atoms with E-state index in [0.717, 1.165) is 30.6 Å². The van der Waals surface area contributed by atoms with Gasteiger partial charge >= 0.3 is 6.09 Å². The minimum Gasteiger partial charge on any atom is -0.497 e. The van der Waals surface area contributed by atoms with Crippen molar-refractivity contribution in [2.45, 2.75) is 70.6 Å². The molecular formula is C29H35NO3. The van der Waals surface area contributed by atoms with E-state index in [-0.39, 0.29) is 18.2 Å². The van der Waals surface area contributed by atoms with Crippen LogP contribution in [0.1, 0.15) is 70.0 Å². The van der Waals surface area contributed by atoms with E-state index in [2.05, 4.69) is 61.5 Å². The standard InChI is InChI=1S/C29H35NO3/c1-20(26-12-8-10-22-9-6-7-11-27(22)26)30(28(31)33-29(2,3)4)24-16-13-23(19-24)21-14-17-25(32-5)18-15-21/h6-12,14-15,17-18,20,23-24H,13,16,19H2,1-5H3/t20-,23-,24+/m1/s1. The Morgan fingerprint density at radius 1 is 0.970 bits per heavy atom. The number of carbonyl (C=O) groups is 1. The highest BCUT2D eigenvalue weighted by atomic mass is 16.6. The van der Waals surface area contributed by atoms with Crippen molar-refractivity contribution in [1.29, 1.82) is 0 Å². The Kier molecular flexibility index (Phi) is 6.64. The third kappa shape index (κ3) is 5.16. The van der Waals surface area contributed by atoms with Crippen LogP contribution in [0.5, 0.6) is 5.75 Å². The van der Waals surface area contributed by atoms with Gasteiger partial charge in [0, 0.05) is 6.04 Å². The second-order valence-electron chi connectivity index (χ2n) is 10.1. The summed E-state index contributed by atoms with van der Waals surface area (Å²) in [5, 5.41) is 2.37. The fourth-order valence-electron chi connectivity index (χ4n) is 5.09. The van der Waals surface area contributed by atoms with Crippen LogP contribution in [0.25, 0.3) is 10.8 Å². The molecule has 0 saturated heterocycles. The first kappa shape index (κ1) is 23.2. The molecule has 33 heavy (non-hydrogen) atoms. The molecule has 1 aliphatic carbocycles. The first-order valence-corrected chi connectivity index (χ1v) is 11.9. The van der Waals surface area contributed by atoms with Gasteiger partial charge in [-0.1, -0.05) is 54.6 Å². The number of rotatable bonds is 5. The number of nitrogens with zero attached hydrogens (tertiary/aromatic N) is 1. The smallest absolute Gasteiger partial charge is 0.411 e. The van der Waals surface area contributed by atoms with E-state index in [1.165, 1.54) is 16.3 Å². The number of hydrogen-bond acceptors (Lipinski definition) is 3. The summed E-state index contributed by atoms with van der Waals surface area (Å²) in [4.78, 5) is 15.5. The van der Waals surface area contributed by atoms with Crippen LogP contribution in [-0.4, -0.2) is 29.7 Å². The van der Waals surface area contributed by atoms with Gasteiger partial charge in [0.2, 0.25) is 0 Å². The number of methoxy groups -OCH3 is 1. The zero-order valence-corrected chi connectivity index (χ0v) is 20.4. The Morgan fingerprint density at radius 2 is 1.67 bits per heavy atom. The minimum atomic E-state index is -0.540. The van der Waals surface area contributed by atoms with Gasteiger partial charge in [0.25, 0.3) is 0 Å². The van der Waals surface area contributed by atoms with Crippen LogP contribution in [0.15, 0.2) is 66.7 Å². The minimum absolute atomic E-state index is 0.0921. The predicted molar refractivity (Wildman–Crippen MR) is 134 cm³/mol. The molecule has 4 heteroatoms. The molecule has 0 N–H and O–H groups in total. The molecule has 0 spiro atoms. The van der Waals surface area contributed by atoms with E-state index in [4.69, 9.17) is 9.47 Å². The van der Waals surface area contributed by atoms with Crippen LogP contribution < -0.4 is 4.74 Å². The normalized spacial score (nSPS) is 19.3. The number of hydrogen-bond donors (Lipinski definition) is 0. The van der Waals surface area contributed by atoms with Crippen molar-refractivity contribution >= 4 is 16.9 Å². The lowest BCUT2D eigenvalue weighted by atomic mass is 9.96. The Labute approximate surface area is 197 Å². The van der Waals surface area contributed by atoms with Gasteiger partial charge in [-0.05, 0) is 86.9 Å². The molecule has 0 aromatic heterocycles. The third-order valence-electron chi connectivity index (χ3n) is 6.68. The average Bonchev–Trinajstić information content (AvgIpc) is 3.27. The van der Waals surface area contributed by atoms with Crippen molar-refractivity contribution in [3.05, 3.63) is 77.9 Å². The summed E-state index contributed by atoms with van der Waals surface area (Å²) in [6.45, 7) is 7.92. The molecule has 4 nitrogen and oxygen atoms in total. The summed E-state index contributed by atoms with van der Waals surface area (Å²) in [6.07, 6.45) is 2.72. The summed E-state index contributed by atoms with van der Waals surface area (Å²) in [5.74, 6) is 1.29. The summed E-state index contributed by atoms with van der Waals surface area (Å²) in [6, 6.07) is 23.1. The maximum absolute atomic E-state index is 13.5. The van der Waals surface area contributed by atoms with Gasteiger partial charge in [0.15, 0.2) is 0 Å². The van der Waals surface area contributed by atoms with E-state index in [0.29, 0.717) is 5.92 Å². The van der Waals surface area contributed by atoms with E-state index in [1.807, 2.05) is 37.8 Å². The van der Waals surface area contributed by atoms with Gasteiger partial charge in [-0.2, -0.15) is 0 Å². The summed E-state index contributed by atoms with van der Waals surface area (Å²) < 4.78 is 11.2. The molecule has 3 atom stereocenters. The summed E-state index contributed by atoms with van der Waals surface area (Å²) in [5.41, 5.74) is 1.93. The zero-order chi connectivity index (χ0) is 23.6. The lowest BCUT2D eigenvalue weighted by Gasteiger charge is -2.37. The predicted octanol–water partition coefficient (Wildman–Crippen LogP) is 7.48. The van der Waals surface area contributed by atoms with Gasteiger partial charge in [0.05, 0.1) is 13.2 Å². The van der Waals surface area contributed by atoms with Crippen LogP contribution in [0.4, 0.5) is 4.79 Å². The van der Waals surface area contributed by atoms with Crippen LogP contribution in [-0.2, 0) is 4.74 Å². The van der Waals surface area contributed by atoms with Crippen molar-refractivity contribution in [3.63, 3.8) is 0 Å². The molecule has 3 aromatic rings. The molecule has 0 unspecified atom stereocenters. The van der Waals surface area contributed by atoms with E-state index in [1.54, 1.807) is 7.11 Å². The number of fused-ring (bicyclic) bond motifs is 1. The molecular weight excluding hydrogens is 410 g/mol. The van der Waals surface area contributed by atoms with Gasteiger partial charge in [0.1, 0.15) is 11.4 Å². The Hall–Kier alpha value is -3.01. The molecule has 174 valence electrons. The van der Waals surface area contributed by atoms with Gasteiger partial charge in [-0.15, -0.1) is 0 Å². The van der Waals surface area contributed by atoms with E-state index < -0.39 is 5.60 Å². The fraction of sp³-hybridized carbons (Fsp3) is 0.414. The maximum Gasteiger partial charge on any atom is 0.411 e. The summed E-state index contributed by atoms with van der Waals surface area (Å²) >= 11 is 0. The van der Waals surface area contributed by atoms with Crippen molar-refractivity contribution in [1.82, 2.24) is 4.90 Å². The monoisotopic (exact) mass is 445 g/mol. The first-order valence-electron chi connectivity index (χ1n) is 11.9. The van der Waals surface area contributed by atoms with Crippen LogP contribution in [0, 0.1) is 0 Å². The van der Waals surface area contributed by atoms with Crippen LogP contribution in [0.2, 0.25) is 0 Å². The van der Waals surface area contributed by atoms with E-state index in [9.17, 15) is 4.79 Å². The third-order valence-corrected chi connectivity index (χ3v) is 6.68. The lowest BCUT2D eigenvalue weighted by Crippen LogP contribution is -2.44.